The van der Waals surface area contributed by atoms with Gasteiger partial charge in [0, 0.05) is 22.6 Å². The second-order valence-corrected chi connectivity index (χ2v) is 17.1. The molecule has 0 saturated carbocycles. The van der Waals surface area contributed by atoms with E-state index in [4.69, 9.17) is 4.74 Å². The number of benzene rings is 3. The van der Waals surface area contributed by atoms with Crippen LogP contribution in [-0.2, 0) is 15.6 Å². The molecule has 0 bridgehead atoms. The summed E-state index contributed by atoms with van der Waals surface area (Å²) in [5.41, 5.74) is 5.98. The Bertz CT molecular complexity index is 1610. The van der Waals surface area contributed by atoms with Gasteiger partial charge in [-0.05, 0) is 43.9 Å². The zero-order chi connectivity index (χ0) is 32.5. The third-order valence-corrected chi connectivity index (χ3v) is 9.49. The molecule has 0 aromatic heterocycles. The molecule has 2 aliphatic rings. The molecule has 0 fully saturated rings. The Hall–Kier alpha value is -3.39. The van der Waals surface area contributed by atoms with Crippen molar-refractivity contribution in [3.05, 3.63) is 124 Å². The predicted molar refractivity (Wildman–Crippen MR) is 184 cm³/mol. The number of rotatable bonds is 2. The average molecular weight is 589 g/mol. The fraction of sp³-hybridized carbons (Fsp3) is 0.452. The molecule has 0 saturated heterocycles. The van der Waals surface area contributed by atoms with Gasteiger partial charge in [-0.25, -0.2) is 0 Å². The van der Waals surface area contributed by atoms with Gasteiger partial charge in [0.05, 0.1) is 0 Å². The summed E-state index contributed by atoms with van der Waals surface area (Å²) in [6, 6.07) is 25.8. The molecule has 3 atom stereocenters. The van der Waals surface area contributed by atoms with E-state index in [0.717, 1.165) is 28.0 Å². The molecule has 2 nitrogen and oxygen atoms in total. The predicted octanol–water partition coefficient (Wildman–Crippen LogP) is 11.1. The van der Waals surface area contributed by atoms with Crippen molar-refractivity contribution in [2.24, 2.45) is 16.2 Å². The van der Waals surface area contributed by atoms with Gasteiger partial charge >= 0.3 is 0 Å². The van der Waals surface area contributed by atoms with Gasteiger partial charge < -0.3 is 4.74 Å². The Kier molecular flexibility index (Phi) is 7.72. The second-order valence-electron chi connectivity index (χ2n) is 17.1. The number of fused-ring (bicyclic) bond motifs is 1. The van der Waals surface area contributed by atoms with Crippen LogP contribution in [0.1, 0.15) is 123 Å². The molecule has 5 rings (SSSR count). The summed E-state index contributed by atoms with van der Waals surface area (Å²) in [5.74, 6) is 0.825. The van der Waals surface area contributed by atoms with E-state index in [9.17, 15) is 0 Å². The Balaban J connectivity index is 2.01. The van der Waals surface area contributed by atoms with Crippen LogP contribution in [0.15, 0.2) is 96.1 Å². The van der Waals surface area contributed by atoms with Crippen LogP contribution in [0.2, 0.25) is 0 Å². The maximum Gasteiger partial charge on any atom is 0.174 e. The third-order valence-electron chi connectivity index (χ3n) is 9.49. The normalized spacial score (nSPS) is 22.7. The summed E-state index contributed by atoms with van der Waals surface area (Å²) in [6.07, 6.45) is 3.97. The first kappa shape index (κ1) is 32.0. The fourth-order valence-corrected chi connectivity index (χ4v) is 6.90. The van der Waals surface area contributed by atoms with Gasteiger partial charge in [-0.15, -0.1) is 0 Å². The number of hydrogen-bond donors (Lipinski definition) is 0. The highest BCUT2D eigenvalue weighted by molar-refractivity contribution is 6.06. The van der Waals surface area contributed by atoms with Gasteiger partial charge in [-0.1, -0.05) is 168 Å². The maximum absolute atomic E-state index is 15.6. The van der Waals surface area contributed by atoms with Crippen LogP contribution in [-0.4, -0.2) is 5.78 Å². The number of hydrogen-bond acceptors (Lipinski definition) is 2. The smallest absolute Gasteiger partial charge is 0.174 e. The van der Waals surface area contributed by atoms with Crippen molar-refractivity contribution in [1.82, 2.24) is 0 Å². The van der Waals surface area contributed by atoms with Gasteiger partial charge in [0.2, 0.25) is 0 Å². The van der Waals surface area contributed by atoms with E-state index in [2.05, 4.69) is 162 Å². The number of Topliss-reactive ketones (excluding diaryl/α,β-unsaturated/α-hetero) is 1. The molecule has 1 heterocycles. The van der Waals surface area contributed by atoms with Crippen LogP contribution in [0, 0.1) is 16.2 Å². The molecule has 1 aliphatic heterocycles. The van der Waals surface area contributed by atoms with Crippen LogP contribution >= 0.6 is 0 Å². The highest BCUT2D eigenvalue weighted by Gasteiger charge is 2.60. The molecule has 0 amide bonds. The summed E-state index contributed by atoms with van der Waals surface area (Å²) in [6.45, 7) is 26.9. The lowest BCUT2D eigenvalue weighted by Crippen LogP contribution is -2.51. The lowest BCUT2D eigenvalue weighted by atomic mass is 9.54. The van der Waals surface area contributed by atoms with Crippen LogP contribution in [0.5, 0.6) is 5.75 Å². The van der Waals surface area contributed by atoms with E-state index in [0.29, 0.717) is 0 Å². The molecule has 2 heteroatoms. The summed E-state index contributed by atoms with van der Waals surface area (Å²) >= 11 is 0. The summed E-state index contributed by atoms with van der Waals surface area (Å²) in [4.78, 5) is 15.6. The molecule has 0 N–H and O–H groups in total. The number of carbonyl (C=O) groups is 1. The first-order chi connectivity index (χ1) is 20.3. The molecule has 0 radical (unpaired) electrons. The van der Waals surface area contributed by atoms with Crippen LogP contribution in [0.25, 0.3) is 0 Å². The molecule has 3 aromatic carbocycles. The lowest BCUT2D eigenvalue weighted by Gasteiger charge is -2.52. The first-order valence-electron chi connectivity index (χ1n) is 16.2. The van der Waals surface area contributed by atoms with E-state index >= 15 is 4.79 Å². The zero-order valence-corrected chi connectivity index (χ0v) is 29.1. The van der Waals surface area contributed by atoms with Crippen molar-refractivity contribution in [3.8, 4) is 5.75 Å². The lowest BCUT2D eigenvalue weighted by molar-refractivity contribution is -0.130. The second kappa shape index (κ2) is 10.6. The first-order valence-corrected chi connectivity index (χ1v) is 16.2. The van der Waals surface area contributed by atoms with Gasteiger partial charge in [-0.3, -0.25) is 4.79 Å². The van der Waals surface area contributed by atoms with Gasteiger partial charge in [0.1, 0.15) is 17.3 Å². The monoisotopic (exact) mass is 588 g/mol. The van der Waals surface area contributed by atoms with Crippen molar-refractivity contribution >= 4 is 5.78 Å². The minimum atomic E-state index is -0.999. The minimum absolute atomic E-state index is 0.0842. The maximum atomic E-state index is 15.6. The molecule has 3 unspecified atom stereocenters. The molecule has 232 valence electrons. The number of ketones is 1. The van der Waals surface area contributed by atoms with E-state index < -0.39 is 11.5 Å². The fourth-order valence-electron chi connectivity index (χ4n) is 6.90. The summed E-state index contributed by atoms with van der Waals surface area (Å²) in [7, 11) is 0. The standard InChI is InChI=1S/C42H52O2/c1-38(2,3)29-23-31-34(27-19-15-13-16-20-27)42(26-30(39(4,5)6)25-33(36(42)43)41(10,11)12)37(28-21-17-14-18-22-28)44-35(31)32(24-29)40(7,8)9/h13-26,34,37H,1-12H3. The molecule has 1 aliphatic carbocycles. The van der Waals surface area contributed by atoms with E-state index in [-0.39, 0.29) is 33.4 Å². The molecular weight excluding hydrogens is 536 g/mol. The van der Waals surface area contributed by atoms with Crippen molar-refractivity contribution in [1.29, 1.82) is 0 Å². The molecule has 3 aromatic rings. The number of carbonyl (C=O) groups excluding carboxylic acids is 1. The quantitative estimate of drug-likeness (QED) is 0.298. The van der Waals surface area contributed by atoms with Crippen LogP contribution in [0.3, 0.4) is 0 Å². The van der Waals surface area contributed by atoms with Crippen LogP contribution in [0.4, 0.5) is 0 Å². The number of allylic oxidation sites excluding steroid dienone is 3. The Morgan fingerprint density at radius 1 is 0.636 bits per heavy atom. The highest BCUT2D eigenvalue weighted by atomic mass is 16.5. The van der Waals surface area contributed by atoms with Gasteiger partial charge in [0.25, 0.3) is 0 Å². The van der Waals surface area contributed by atoms with Crippen molar-refractivity contribution in [3.63, 3.8) is 0 Å². The SMILES string of the molecule is CC(C)(C)C1=CC2(C(=O)C(C(C)(C)C)=C1)C(c1ccccc1)Oc1c(cc(C(C)(C)C)cc1C(C)(C)C)C2c1ccccc1. The van der Waals surface area contributed by atoms with Crippen molar-refractivity contribution in [2.45, 2.75) is 106 Å². The highest BCUT2D eigenvalue weighted by Crippen LogP contribution is 2.63. The minimum Gasteiger partial charge on any atom is -0.484 e. The summed E-state index contributed by atoms with van der Waals surface area (Å²) in [5, 5.41) is 0. The molecule has 44 heavy (non-hydrogen) atoms. The van der Waals surface area contributed by atoms with E-state index in [1.165, 1.54) is 16.7 Å². The Morgan fingerprint density at radius 3 is 1.66 bits per heavy atom. The van der Waals surface area contributed by atoms with E-state index in [1.54, 1.807) is 0 Å². The largest absolute Gasteiger partial charge is 0.484 e. The zero-order valence-electron chi connectivity index (χ0n) is 29.1. The number of ether oxygens (including phenoxy) is 1. The summed E-state index contributed by atoms with van der Waals surface area (Å²) < 4.78 is 7.39. The molecule has 1 spiro atoms. The topological polar surface area (TPSA) is 26.3 Å². The van der Waals surface area contributed by atoms with Crippen molar-refractivity contribution in [2.75, 3.05) is 0 Å². The van der Waals surface area contributed by atoms with Crippen LogP contribution < -0.4 is 4.74 Å². The average Bonchev–Trinajstić information content (AvgIpc) is 2.92. The van der Waals surface area contributed by atoms with Crippen molar-refractivity contribution < 1.29 is 9.53 Å². The van der Waals surface area contributed by atoms with Gasteiger partial charge in [0.15, 0.2) is 5.78 Å². The third kappa shape index (κ3) is 5.50. The Labute approximate surface area is 266 Å². The van der Waals surface area contributed by atoms with E-state index in [1.807, 2.05) is 6.07 Å². The molecular formula is C42H52O2. The van der Waals surface area contributed by atoms with Gasteiger partial charge in [-0.2, -0.15) is 0 Å². The Morgan fingerprint density at radius 2 is 1.18 bits per heavy atom.